The van der Waals surface area contributed by atoms with Gasteiger partial charge in [-0.1, -0.05) is 24.3 Å². The molecule has 9 aromatic rings. The maximum atomic E-state index is 12.7. The Balaban J connectivity index is 0.000000249. The number of Topliss-reactive ketones (excluding diaryl/α,β-unsaturated/α-hetero) is 2. The molecular weight excluding hydrogens is 1560 g/mol. The summed E-state index contributed by atoms with van der Waals surface area (Å²) in [4.78, 5) is 169. The van der Waals surface area contributed by atoms with Crippen LogP contribution in [0.5, 0.6) is 0 Å². The summed E-state index contributed by atoms with van der Waals surface area (Å²) in [6, 6.07) is 20.8. The number of carbonyl (C=O) groups excluding carboxylic acids is 6. The van der Waals surface area contributed by atoms with Crippen LogP contribution in [0.4, 0.5) is 29.1 Å². The highest BCUT2D eigenvalue weighted by Gasteiger charge is 2.20. The number of aromatic nitrogens is 14. The van der Waals surface area contributed by atoms with Gasteiger partial charge in [0.1, 0.15) is 78.0 Å². The van der Waals surface area contributed by atoms with Crippen molar-refractivity contribution in [2.75, 3.05) is 39.3 Å². The number of hydrogen-bond acceptors (Lipinski definition) is 20. The lowest BCUT2D eigenvalue weighted by atomic mass is 10.2. The Morgan fingerprint density at radius 1 is 0.554 bits per heavy atom. The number of ketones is 2. The minimum absolute atomic E-state index is 0.0201. The average Bonchev–Trinajstić information content (AvgIpc) is 1.64. The van der Waals surface area contributed by atoms with E-state index in [4.69, 9.17) is 52.1 Å². The summed E-state index contributed by atoms with van der Waals surface area (Å²) in [5.41, 5.74) is 3.25. The van der Waals surface area contributed by atoms with Gasteiger partial charge in [0.05, 0.1) is 36.5 Å². The molecule has 0 bridgehead atoms. The van der Waals surface area contributed by atoms with Gasteiger partial charge in [-0.2, -0.15) is 0 Å². The minimum Gasteiger partial charge on any atom is -0.384 e. The molecule has 0 aliphatic carbocycles. The van der Waals surface area contributed by atoms with Gasteiger partial charge in [0.2, 0.25) is 23.0 Å². The van der Waals surface area contributed by atoms with E-state index >= 15 is 0 Å². The number of rotatable bonds is 12. The van der Waals surface area contributed by atoms with Crippen molar-refractivity contribution < 1.29 is 28.8 Å². The number of carbonyl (C=O) groups is 6. The largest absolute Gasteiger partial charge is 0.384 e. The Hall–Kier alpha value is -8.45. The summed E-state index contributed by atoms with van der Waals surface area (Å²) in [6.45, 7) is 2.05. The van der Waals surface area contributed by atoms with Crippen molar-refractivity contribution in [3.8, 4) is 0 Å². The third-order valence-electron chi connectivity index (χ3n) is 11.0. The lowest BCUT2D eigenvalue weighted by Gasteiger charge is -2.09. The van der Waals surface area contributed by atoms with Crippen molar-refractivity contribution in [3.63, 3.8) is 0 Å². The molecule has 0 fully saturated rings. The number of nitrogens with two attached hydrogens (primary N) is 1. The first-order valence-corrected chi connectivity index (χ1v) is 30.8. The summed E-state index contributed by atoms with van der Waals surface area (Å²) < 4.78 is 9.86. The second-order valence-corrected chi connectivity index (χ2v) is 22.5. The van der Waals surface area contributed by atoms with Crippen LogP contribution in [0.2, 0.25) is 0 Å². The maximum absolute atomic E-state index is 12.7. The number of hydrogen-bond donors (Lipinski definition) is 6. The lowest BCUT2D eigenvalue weighted by Crippen LogP contribution is -2.41. The molecule has 10 rings (SSSR count). The van der Waals surface area contributed by atoms with Crippen LogP contribution in [0.15, 0.2) is 138 Å². The molecule has 7 N–H and O–H groups in total. The van der Waals surface area contributed by atoms with E-state index in [1.54, 1.807) is 73.9 Å². The molecule has 31 nitrogen and oxygen atoms in total. The Morgan fingerprint density at radius 2 is 0.978 bits per heavy atom. The fourth-order valence-electron chi connectivity index (χ4n) is 7.05. The first-order chi connectivity index (χ1) is 43.5. The number of aryl methyl sites for hydroxylation is 2. The predicted octanol–water partition coefficient (Wildman–Crippen LogP) is 5.09. The van der Waals surface area contributed by atoms with Crippen molar-refractivity contribution in [3.05, 3.63) is 172 Å². The number of anilines is 4. The van der Waals surface area contributed by atoms with Gasteiger partial charge in [0, 0.05) is 33.8 Å². The number of aromatic amines is 2. The van der Waals surface area contributed by atoms with Crippen LogP contribution in [0.25, 0.3) is 22.3 Å². The fourth-order valence-corrected chi connectivity index (χ4v) is 8.50. The Kier molecular flexibility index (Phi) is 30.7. The van der Waals surface area contributed by atoms with Gasteiger partial charge in [0.15, 0.2) is 22.3 Å². The third kappa shape index (κ3) is 23.7. The predicted molar refractivity (Wildman–Crippen MR) is 361 cm³/mol. The van der Waals surface area contributed by atoms with Gasteiger partial charge in [0.25, 0.3) is 16.7 Å². The summed E-state index contributed by atoms with van der Waals surface area (Å²) in [5.74, 6) is 0.852. The zero-order valence-electron chi connectivity index (χ0n) is 48.4. The number of amides is 3. The van der Waals surface area contributed by atoms with Crippen molar-refractivity contribution >= 4 is 202 Å². The number of fused-ring (bicyclic) bond motifs is 3. The third-order valence-corrected chi connectivity index (χ3v) is 13.9. The van der Waals surface area contributed by atoms with Gasteiger partial charge in [-0.3, -0.25) is 71.4 Å². The van der Waals surface area contributed by atoms with E-state index < -0.39 is 39.3 Å². The Labute approximate surface area is 571 Å². The molecule has 0 spiro atoms. The molecule has 92 heavy (non-hydrogen) atoms. The number of imidazole rings is 2. The number of alkyl halides is 3. The van der Waals surface area contributed by atoms with E-state index in [9.17, 15) is 57.5 Å². The summed E-state index contributed by atoms with van der Waals surface area (Å²) >= 11 is 32.6. The highest BCUT2D eigenvalue weighted by molar-refractivity contribution is 9.11. The molecule has 0 aromatic carbocycles. The minimum atomic E-state index is -0.672. The quantitative estimate of drug-likeness (QED) is 0.0527. The van der Waals surface area contributed by atoms with Crippen LogP contribution >= 0.6 is 110 Å². The van der Waals surface area contributed by atoms with Crippen LogP contribution < -0.4 is 55.4 Å². The zero-order chi connectivity index (χ0) is 68.5. The highest BCUT2D eigenvalue weighted by atomic mass is 79.9. The zero-order valence-corrected chi connectivity index (χ0v) is 57.8. The normalized spacial score (nSPS) is 10.5. The highest BCUT2D eigenvalue weighted by Crippen LogP contribution is 2.17. The standard InChI is InChI=1S/C16H15BrN6O4.C13H11BrN6O3.C7H6BrClN2O.C7H7N3O2.C5H5BrN2.C3H5ClO.C2H2Cl2O/c1-9(24)6-23-15(26)13-14(21(2)16(23)27)18-8-22(13)7-12(25)20-11-5-3-4-10(17)19-11;1-19-11-10(12(22)18-13(19)23)20(6-15-11)5-9(21)17-8-4-2-3-7(14)16-8;8-5-2-1-3-6(10-5)11-7(12)4-9;1-10-5-4(2-3-8-5)6(11)9-7(10)12;6-4-2-1-3-5(7)8-4;1-3(5)2-4;3-1-2(4)5/h3-5,8H,6-7H2,1-2H3,(H,19,20,25);2-4,6H,5H2,1H3,(H,16,17,21)(H,18,22,23);1-3H,4H2,(H,10,11,12);3H,2H2,1H3,(H,9,11,12);1-3H,(H2,7,8);2H2,1H3;1H2. The smallest absolute Gasteiger partial charge is 0.332 e. The van der Waals surface area contributed by atoms with Crippen molar-refractivity contribution in [2.24, 2.45) is 26.1 Å². The molecule has 0 radical (unpaired) electrons. The number of nitrogens with zero attached hydrogens (tertiary/aromatic N) is 13. The molecule has 486 valence electrons. The van der Waals surface area contributed by atoms with Gasteiger partial charge < -0.3 is 30.8 Å². The summed E-state index contributed by atoms with van der Waals surface area (Å²) in [6.07, 6.45) is 4.78. The second kappa shape index (κ2) is 37.2. The number of H-pyrrole nitrogens is 2. The first kappa shape index (κ1) is 76.0. The molecule has 3 amide bonds. The van der Waals surface area contributed by atoms with Crippen molar-refractivity contribution in [1.29, 1.82) is 0 Å². The molecule has 39 heteroatoms. The van der Waals surface area contributed by atoms with E-state index in [-0.39, 0.29) is 88.5 Å². The monoisotopic (exact) mass is 1600 g/mol. The molecule has 0 saturated carbocycles. The Bertz CT molecular complexity index is 4550. The van der Waals surface area contributed by atoms with E-state index in [0.717, 1.165) is 9.17 Å². The topological polar surface area (TPSA) is 418 Å². The van der Waals surface area contributed by atoms with Crippen LogP contribution in [0.1, 0.15) is 19.4 Å². The molecule has 0 atom stereocenters. The van der Waals surface area contributed by atoms with Crippen LogP contribution in [0, 0.1) is 0 Å². The van der Waals surface area contributed by atoms with Gasteiger partial charge in [-0.25, -0.2) is 49.3 Å². The lowest BCUT2D eigenvalue weighted by molar-refractivity contribution is -0.118. The van der Waals surface area contributed by atoms with E-state index in [1.807, 2.05) is 12.1 Å². The van der Waals surface area contributed by atoms with E-state index in [0.29, 0.717) is 54.9 Å². The SMILES string of the molecule is CC(=O)CCl.CC(=O)Cn1c(=O)c2c(ncn2CC(=O)Nc2cccc(Br)n2)n(C)c1=O.Cn1c(=O)[nH]c(=O)c2c1ncn2CC(=O)Nc1cccc(Br)n1.Cn1c2c(c(=O)[nH]c1=O)CC=N2.Nc1cccc(Br)n1.O=C(CCl)Nc1cccc(Br)n1.O=C(Cl)CCl. The second-order valence-electron chi connectivity index (χ2n) is 18.0. The van der Waals surface area contributed by atoms with Crippen LogP contribution in [-0.2, 0) is 76.0 Å². The number of halogens is 8. The number of nitrogen functional groups attached to an aromatic ring is 1. The molecule has 0 unspecified atom stereocenters. The summed E-state index contributed by atoms with van der Waals surface area (Å²) in [7, 11) is 4.52. The van der Waals surface area contributed by atoms with Gasteiger partial charge in [-0.15, -0.1) is 34.8 Å². The van der Waals surface area contributed by atoms with E-state index in [2.05, 4.69) is 125 Å². The van der Waals surface area contributed by atoms with E-state index in [1.165, 1.54) is 63.4 Å². The first-order valence-electron chi connectivity index (χ1n) is 25.6. The van der Waals surface area contributed by atoms with Crippen molar-refractivity contribution in [2.45, 2.75) is 39.9 Å². The van der Waals surface area contributed by atoms with Gasteiger partial charge in [-0.05, 0) is 138 Å². The molecular formula is C53H51Br4Cl4N19O12. The molecule has 10 heterocycles. The number of nitrogens with one attached hydrogen (secondary N) is 5. The van der Waals surface area contributed by atoms with Gasteiger partial charge >= 0.3 is 17.1 Å². The summed E-state index contributed by atoms with van der Waals surface area (Å²) in [5, 5.41) is 7.25. The molecule has 9 aromatic heterocycles. The maximum Gasteiger partial charge on any atom is 0.332 e. The molecule has 0 saturated heterocycles. The number of pyridine rings is 4. The van der Waals surface area contributed by atoms with Crippen molar-refractivity contribution in [1.82, 2.24) is 67.3 Å². The Morgan fingerprint density at radius 3 is 1.39 bits per heavy atom. The van der Waals surface area contributed by atoms with Crippen LogP contribution in [0.3, 0.4) is 0 Å². The fraction of sp³-hybridized carbons (Fsp3) is 0.226. The molecule has 1 aliphatic rings. The van der Waals surface area contributed by atoms with Crippen LogP contribution in [-0.4, -0.2) is 126 Å². The average molecular weight is 1610 g/mol. The number of aliphatic imine (C=N–C) groups is 1. The molecule has 1 aliphatic heterocycles.